The van der Waals surface area contributed by atoms with Crippen LogP contribution in [0.1, 0.15) is 26.3 Å². The molecule has 1 aromatic carbocycles. The van der Waals surface area contributed by atoms with E-state index in [0.29, 0.717) is 25.6 Å². The fourth-order valence-corrected chi connectivity index (χ4v) is 1.78. The molecule has 0 atom stereocenters. The van der Waals surface area contributed by atoms with Crippen LogP contribution in [0.25, 0.3) is 0 Å². The third-order valence-electron chi connectivity index (χ3n) is 2.97. The molecule has 1 aromatic rings. The Labute approximate surface area is 138 Å². The molecule has 0 unspecified atom stereocenters. The van der Waals surface area contributed by atoms with E-state index in [0.717, 1.165) is 0 Å². The Morgan fingerprint density at radius 1 is 1.22 bits per heavy atom. The number of benzene rings is 1. The van der Waals surface area contributed by atoms with Gasteiger partial charge in [0.25, 0.3) is 0 Å². The summed E-state index contributed by atoms with van der Waals surface area (Å²) in [6, 6.07) is 10.1. The van der Waals surface area contributed by atoms with Gasteiger partial charge in [0.15, 0.2) is 5.96 Å². The van der Waals surface area contributed by atoms with E-state index in [4.69, 9.17) is 4.74 Å². The van der Waals surface area contributed by atoms with Gasteiger partial charge < -0.3 is 20.3 Å². The molecule has 0 saturated carbocycles. The molecule has 6 heteroatoms. The summed E-state index contributed by atoms with van der Waals surface area (Å²) in [5.74, 6) is 0.700. The molecule has 128 valence electrons. The number of carbonyl (C=O) groups excluding carboxylic acids is 1. The summed E-state index contributed by atoms with van der Waals surface area (Å²) in [5, 5.41) is 6.41. The second kappa shape index (κ2) is 9.02. The molecule has 0 spiro atoms. The van der Waals surface area contributed by atoms with Gasteiger partial charge in [0, 0.05) is 33.7 Å². The van der Waals surface area contributed by atoms with Crippen molar-refractivity contribution in [2.45, 2.75) is 32.9 Å². The van der Waals surface area contributed by atoms with Crippen molar-refractivity contribution in [3.8, 4) is 0 Å². The van der Waals surface area contributed by atoms with Gasteiger partial charge in [-0.2, -0.15) is 0 Å². The van der Waals surface area contributed by atoms with E-state index >= 15 is 0 Å². The van der Waals surface area contributed by atoms with Gasteiger partial charge in [-0.3, -0.25) is 4.99 Å². The van der Waals surface area contributed by atoms with E-state index in [2.05, 4.69) is 27.8 Å². The summed E-state index contributed by atoms with van der Waals surface area (Å²) in [6.45, 7) is 7.37. The first-order valence-corrected chi connectivity index (χ1v) is 7.74. The molecule has 0 saturated heterocycles. The summed E-state index contributed by atoms with van der Waals surface area (Å²) in [4.78, 5) is 17.6. The first kappa shape index (κ1) is 18.8. The molecule has 0 aliphatic heterocycles. The Balaban J connectivity index is 2.31. The number of carbonyl (C=O) groups is 1. The number of hydrogen-bond donors (Lipinski definition) is 2. The number of aliphatic imine (C=N–C) groups is 1. The zero-order valence-corrected chi connectivity index (χ0v) is 14.7. The minimum Gasteiger partial charge on any atom is -0.444 e. The second-order valence-electron chi connectivity index (χ2n) is 6.24. The van der Waals surface area contributed by atoms with Gasteiger partial charge in [-0.1, -0.05) is 30.3 Å². The highest BCUT2D eigenvalue weighted by molar-refractivity contribution is 5.79. The molecule has 0 aromatic heterocycles. The number of ether oxygens (including phenoxy) is 1. The molecule has 0 radical (unpaired) electrons. The first-order valence-electron chi connectivity index (χ1n) is 7.74. The second-order valence-corrected chi connectivity index (χ2v) is 6.24. The Morgan fingerprint density at radius 2 is 1.87 bits per heavy atom. The average Bonchev–Trinajstić information content (AvgIpc) is 2.49. The van der Waals surface area contributed by atoms with Gasteiger partial charge in [-0.25, -0.2) is 4.79 Å². The van der Waals surface area contributed by atoms with E-state index in [9.17, 15) is 4.79 Å². The Hall–Kier alpha value is -2.24. The minimum atomic E-state index is -0.480. The molecule has 0 heterocycles. The fraction of sp³-hybridized carbons (Fsp3) is 0.529. The summed E-state index contributed by atoms with van der Waals surface area (Å²) in [5.41, 5.74) is 0.702. The molecule has 0 aliphatic rings. The van der Waals surface area contributed by atoms with Crippen molar-refractivity contribution < 1.29 is 9.53 Å². The van der Waals surface area contributed by atoms with Crippen molar-refractivity contribution in [3.05, 3.63) is 35.9 Å². The number of amides is 1. The van der Waals surface area contributed by atoms with Gasteiger partial charge in [0.05, 0.1) is 0 Å². The van der Waals surface area contributed by atoms with Crippen LogP contribution in [-0.4, -0.2) is 49.7 Å². The monoisotopic (exact) mass is 320 g/mol. The number of guanidine groups is 1. The normalized spacial score (nSPS) is 11.8. The largest absolute Gasteiger partial charge is 0.444 e. The maximum Gasteiger partial charge on any atom is 0.410 e. The topological polar surface area (TPSA) is 66.0 Å². The molecule has 23 heavy (non-hydrogen) atoms. The Kier molecular flexibility index (Phi) is 7.38. The minimum absolute atomic E-state index is 0.327. The summed E-state index contributed by atoms with van der Waals surface area (Å²) in [7, 11) is 3.44. The third-order valence-corrected chi connectivity index (χ3v) is 2.97. The molecule has 0 bridgehead atoms. The van der Waals surface area contributed by atoms with E-state index in [1.807, 2.05) is 39.0 Å². The van der Waals surface area contributed by atoms with Crippen LogP contribution in [0.5, 0.6) is 0 Å². The zero-order chi connectivity index (χ0) is 17.3. The van der Waals surface area contributed by atoms with Crippen LogP contribution in [0.2, 0.25) is 0 Å². The van der Waals surface area contributed by atoms with Crippen molar-refractivity contribution in [2.24, 2.45) is 4.99 Å². The number of nitrogens with zero attached hydrogens (tertiary/aromatic N) is 2. The average molecular weight is 320 g/mol. The number of nitrogens with one attached hydrogen (secondary N) is 2. The Morgan fingerprint density at radius 3 is 2.43 bits per heavy atom. The standard InChI is InChI=1S/C17H28N4O2/c1-17(2,3)23-16(22)21(5)12-11-19-15(18-4)20-13-14-9-7-6-8-10-14/h6-10H,11-13H2,1-5H3,(H2,18,19,20). The van der Waals surface area contributed by atoms with Crippen molar-refractivity contribution >= 4 is 12.1 Å². The van der Waals surface area contributed by atoms with E-state index in [1.165, 1.54) is 5.56 Å². The highest BCUT2D eigenvalue weighted by Gasteiger charge is 2.19. The predicted molar refractivity (Wildman–Crippen MR) is 93.5 cm³/mol. The number of hydrogen-bond acceptors (Lipinski definition) is 3. The lowest BCUT2D eigenvalue weighted by molar-refractivity contribution is 0.0302. The van der Waals surface area contributed by atoms with E-state index in [-0.39, 0.29) is 6.09 Å². The number of rotatable bonds is 5. The van der Waals surface area contributed by atoms with Crippen molar-refractivity contribution in [2.75, 3.05) is 27.2 Å². The van der Waals surface area contributed by atoms with Gasteiger partial charge in [0.1, 0.15) is 5.60 Å². The lowest BCUT2D eigenvalue weighted by Crippen LogP contribution is -2.42. The lowest BCUT2D eigenvalue weighted by Gasteiger charge is -2.24. The predicted octanol–water partition coefficient (Wildman–Crippen LogP) is 2.22. The van der Waals surface area contributed by atoms with E-state index in [1.54, 1.807) is 19.0 Å². The van der Waals surface area contributed by atoms with Crippen LogP contribution in [-0.2, 0) is 11.3 Å². The molecule has 2 N–H and O–H groups in total. The van der Waals surface area contributed by atoms with Gasteiger partial charge >= 0.3 is 6.09 Å². The smallest absolute Gasteiger partial charge is 0.410 e. The molecule has 0 aliphatic carbocycles. The van der Waals surface area contributed by atoms with Crippen LogP contribution in [0, 0.1) is 0 Å². The quantitative estimate of drug-likeness (QED) is 0.645. The first-order chi connectivity index (χ1) is 10.8. The van der Waals surface area contributed by atoms with E-state index < -0.39 is 5.60 Å². The van der Waals surface area contributed by atoms with Crippen LogP contribution >= 0.6 is 0 Å². The molecule has 1 amide bonds. The highest BCUT2D eigenvalue weighted by Crippen LogP contribution is 2.08. The van der Waals surface area contributed by atoms with Crippen LogP contribution in [0.3, 0.4) is 0 Å². The fourth-order valence-electron chi connectivity index (χ4n) is 1.78. The molecular weight excluding hydrogens is 292 g/mol. The number of likely N-dealkylation sites (N-methyl/N-ethyl adjacent to an activating group) is 1. The molecule has 0 fully saturated rings. The maximum absolute atomic E-state index is 11.8. The van der Waals surface area contributed by atoms with Gasteiger partial charge in [-0.05, 0) is 26.3 Å². The van der Waals surface area contributed by atoms with Gasteiger partial charge in [0.2, 0.25) is 0 Å². The third kappa shape index (κ3) is 8.09. The SMILES string of the molecule is CN=C(NCCN(C)C(=O)OC(C)(C)C)NCc1ccccc1. The molecular formula is C17H28N4O2. The van der Waals surface area contributed by atoms with Crippen LogP contribution in [0.4, 0.5) is 4.79 Å². The zero-order valence-electron chi connectivity index (χ0n) is 14.7. The van der Waals surface area contributed by atoms with Crippen molar-refractivity contribution in [1.29, 1.82) is 0 Å². The van der Waals surface area contributed by atoms with Gasteiger partial charge in [-0.15, -0.1) is 0 Å². The lowest BCUT2D eigenvalue weighted by atomic mass is 10.2. The summed E-state index contributed by atoms with van der Waals surface area (Å²) in [6.07, 6.45) is -0.327. The maximum atomic E-state index is 11.8. The molecule has 1 rings (SSSR count). The summed E-state index contributed by atoms with van der Waals surface area (Å²) < 4.78 is 5.30. The molecule has 6 nitrogen and oxygen atoms in total. The van der Waals surface area contributed by atoms with Crippen molar-refractivity contribution in [3.63, 3.8) is 0 Å². The highest BCUT2D eigenvalue weighted by atomic mass is 16.6. The Bertz CT molecular complexity index is 509. The summed E-state index contributed by atoms with van der Waals surface area (Å²) >= 11 is 0. The van der Waals surface area contributed by atoms with Crippen LogP contribution in [0.15, 0.2) is 35.3 Å². The van der Waals surface area contributed by atoms with Crippen LogP contribution < -0.4 is 10.6 Å². The van der Waals surface area contributed by atoms with Crippen molar-refractivity contribution in [1.82, 2.24) is 15.5 Å².